The van der Waals surface area contributed by atoms with Gasteiger partial charge in [-0.15, -0.1) is 10.1 Å². The summed E-state index contributed by atoms with van der Waals surface area (Å²) in [5.41, 5.74) is 0. The van der Waals surface area contributed by atoms with E-state index in [-0.39, 0.29) is 0 Å². The largest absolute Gasteiger partial charge is 0.299 e. The van der Waals surface area contributed by atoms with Gasteiger partial charge in [0, 0.05) is 0 Å². The predicted molar refractivity (Wildman–Crippen MR) is 18.6 cm³/mol. The van der Waals surface area contributed by atoms with Crippen molar-refractivity contribution >= 4 is 0 Å². The standard InChI is InChI=1S/C2H2N2O3/c3-1-2-7-4(5)6/h2H2. The molecule has 5 heteroatoms. The van der Waals surface area contributed by atoms with Gasteiger partial charge in [-0.3, -0.25) is 4.84 Å². The molecule has 0 amide bonds. The van der Waals surface area contributed by atoms with Gasteiger partial charge >= 0.3 is 0 Å². The molecule has 7 heavy (non-hydrogen) atoms. The monoisotopic (exact) mass is 102 g/mol. The topological polar surface area (TPSA) is 76.2 Å². The summed E-state index contributed by atoms with van der Waals surface area (Å²) in [5.74, 6) is 0. The molecule has 0 saturated carbocycles. The van der Waals surface area contributed by atoms with E-state index in [1.165, 1.54) is 6.07 Å². The van der Waals surface area contributed by atoms with Crippen LogP contribution in [0.4, 0.5) is 0 Å². The molecule has 0 aromatic carbocycles. The van der Waals surface area contributed by atoms with E-state index < -0.39 is 11.7 Å². The highest BCUT2D eigenvalue weighted by molar-refractivity contribution is 4.64. The number of nitriles is 1. The Labute approximate surface area is 39.2 Å². The van der Waals surface area contributed by atoms with Crippen molar-refractivity contribution in [1.82, 2.24) is 0 Å². The summed E-state index contributed by atoms with van der Waals surface area (Å²) < 4.78 is 0. The summed E-state index contributed by atoms with van der Waals surface area (Å²) >= 11 is 0. The summed E-state index contributed by atoms with van der Waals surface area (Å²) in [4.78, 5) is 12.7. The van der Waals surface area contributed by atoms with Crippen LogP contribution >= 0.6 is 0 Å². The first-order chi connectivity index (χ1) is 3.27. The Morgan fingerprint density at radius 3 is 2.71 bits per heavy atom. The van der Waals surface area contributed by atoms with Crippen LogP contribution in [0.15, 0.2) is 0 Å². The van der Waals surface area contributed by atoms with Crippen LogP contribution in [0.1, 0.15) is 0 Å². The number of rotatable bonds is 2. The summed E-state index contributed by atoms with van der Waals surface area (Å²) in [5, 5.41) is 15.8. The third-order valence-corrected chi connectivity index (χ3v) is 0.235. The molecule has 0 rings (SSSR count). The van der Waals surface area contributed by atoms with Crippen molar-refractivity contribution in [3.63, 3.8) is 0 Å². The third kappa shape index (κ3) is 4.69. The van der Waals surface area contributed by atoms with Crippen LogP contribution in [0.5, 0.6) is 0 Å². The molecule has 0 atom stereocenters. The molecule has 0 aliphatic carbocycles. The molecule has 5 nitrogen and oxygen atoms in total. The summed E-state index contributed by atoms with van der Waals surface area (Å²) in [6, 6.07) is 1.44. The van der Waals surface area contributed by atoms with Crippen LogP contribution in [-0.2, 0) is 4.84 Å². The zero-order chi connectivity index (χ0) is 5.70. The second-order valence-corrected chi connectivity index (χ2v) is 0.655. The van der Waals surface area contributed by atoms with Crippen LogP contribution in [0.2, 0.25) is 0 Å². The van der Waals surface area contributed by atoms with Crippen molar-refractivity contribution < 1.29 is 9.92 Å². The minimum absolute atomic E-state index is 0.493. The lowest BCUT2D eigenvalue weighted by atomic mass is 10.9. The lowest BCUT2D eigenvalue weighted by molar-refractivity contribution is -0.754. The zero-order valence-electron chi connectivity index (χ0n) is 3.33. The van der Waals surface area contributed by atoms with Crippen molar-refractivity contribution in [2.75, 3.05) is 6.61 Å². The Morgan fingerprint density at radius 1 is 2.00 bits per heavy atom. The fourth-order valence-electron chi connectivity index (χ4n) is 0.0816. The van der Waals surface area contributed by atoms with Gasteiger partial charge in [0.1, 0.15) is 0 Å². The van der Waals surface area contributed by atoms with Crippen LogP contribution in [0, 0.1) is 21.4 Å². The van der Waals surface area contributed by atoms with E-state index in [1.54, 1.807) is 0 Å². The van der Waals surface area contributed by atoms with Crippen LogP contribution in [-0.4, -0.2) is 11.7 Å². The molecular weight excluding hydrogens is 100 g/mol. The van der Waals surface area contributed by atoms with E-state index in [4.69, 9.17) is 5.26 Å². The van der Waals surface area contributed by atoms with Crippen LogP contribution in [0.3, 0.4) is 0 Å². The van der Waals surface area contributed by atoms with E-state index in [0.29, 0.717) is 0 Å². The molecule has 0 saturated heterocycles. The highest BCUT2D eigenvalue weighted by Gasteiger charge is 1.87. The van der Waals surface area contributed by atoms with E-state index >= 15 is 0 Å². The molecule has 0 N–H and O–H groups in total. The third-order valence-electron chi connectivity index (χ3n) is 0.235. The normalized spacial score (nSPS) is 6.71. The molecule has 0 spiro atoms. The molecule has 0 aromatic rings. The zero-order valence-corrected chi connectivity index (χ0v) is 3.33. The maximum absolute atomic E-state index is 9.19. The Morgan fingerprint density at radius 2 is 2.57 bits per heavy atom. The lowest BCUT2D eigenvalue weighted by Crippen LogP contribution is -1.99. The SMILES string of the molecule is N#CCO[N+](=O)[O-]. The van der Waals surface area contributed by atoms with Crippen molar-refractivity contribution in [2.45, 2.75) is 0 Å². The molecule has 0 aliphatic rings. The average Bonchev–Trinajstić information content (AvgIpc) is 1.61. The van der Waals surface area contributed by atoms with Gasteiger partial charge in [-0.25, -0.2) is 0 Å². The first-order valence-corrected chi connectivity index (χ1v) is 1.41. The van der Waals surface area contributed by atoms with E-state index in [1.807, 2.05) is 0 Å². The van der Waals surface area contributed by atoms with Crippen molar-refractivity contribution in [2.24, 2.45) is 0 Å². The molecule has 0 heterocycles. The van der Waals surface area contributed by atoms with Crippen molar-refractivity contribution in [1.29, 1.82) is 5.26 Å². The van der Waals surface area contributed by atoms with Crippen molar-refractivity contribution in [3.8, 4) is 6.07 Å². The Bertz CT molecular complexity index is 104. The molecular formula is C2H2N2O3. The lowest BCUT2D eigenvalue weighted by Gasteiger charge is -1.82. The van der Waals surface area contributed by atoms with Crippen LogP contribution in [0.25, 0.3) is 0 Å². The maximum Gasteiger partial charge on any atom is 0.295 e. The summed E-state index contributed by atoms with van der Waals surface area (Å²) in [6.07, 6.45) is 0. The molecule has 0 unspecified atom stereocenters. The molecule has 0 bridgehead atoms. The molecule has 0 aliphatic heterocycles. The van der Waals surface area contributed by atoms with Crippen molar-refractivity contribution in [3.05, 3.63) is 10.1 Å². The van der Waals surface area contributed by atoms with Crippen LogP contribution < -0.4 is 0 Å². The van der Waals surface area contributed by atoms with E-state index in [0.717, 1.165) is 0 Å². The smallest absolute Gasteiger partial charge is 0.295 e. The maximum atomic E-state index is 9.19. The minimum Gasteiger partial charge on any atom is -0.299 e. The first-order valence-electron chi connectivity index (χ1n) is 1.41. The van der Waals surface area contributed by atoms with Gasteiger partial charge in [0.25, 0.3) is 5.09 Å². The molecule has 0 aromatic heterocycles. The van der Waals surface area contributed by atoms with Gasteiger partial charge in [-0.2, -0.15) is 5.26 Å². The van der Waals surface area contributed by atoms with Gasteiger partial charge in [-0.05, 0) is 0 Å². The predicted octanol–water partition coefficient (Wildman–Crippen LogP) is -0.282. The van der Waals surface area contributed by atoms with E-state index in [9.17, 15) is 10.1 Å². The highest BCUT2D eigenvalue weighted by Crippen LogP contribution is 1.68. The van der Waals surface area contributed by atoms with E-state index in [2.05, 4.69) is 4.84 Å². The molecule has 38 valence electrons. The summed E-state index contributed by atoms with van der Waals surface area (Å²) in [7, 11) is 0. The van der Waals surface area contributed by atoms with Gasteiger partial charge in [-0.1, -0.05) is 0 Å². The number of hydrogen-bond donors (Lipinski definition) is 0. The molecule has 0 fully saturated rings. The van der Waals surface area contributed by atoms with Gasteiger partial charge < -0.3 is 0 Å². The quantitative estimate of drug-likeness (QED) is 0.355. The molecule has 0 radical (unpaired) electrons. The van der Waals surface area contributed by atoms with Gasteiger partial charge in [0.05, 0.1) is 6.07 Å². The van der Waals surface area contributed by atoms with Gasteiger partial charge in [0.2, 0.25) is 0 Å². The second kappa shape index (κ2) is 2.90. The minimum atomic E-state index is -1.01. The summed E-state index contributed by atoms with van der Waals surface area (Å²) in [6.45, 7) is -0.493. The highest BCUT2D eigenvalue weighted by atomic mass is 16.9. The van der Waals surface area contributed by atoms with Gasteiger partial charge in [0.15, 0.2) is 6.61 Å². The second-order valence-electron chi connectivity index (χ2n) is 0.655. The Hall–Kier alpha value is -1.31. The fourth-order valence-corrected chi connectivity index (χ4v) is 0.0816. The fraction of sp³-hybridized carbons (Fsp3) is 0.500. The Kier molecular flexibility index (Phi) is 2.36. The number of nitrogens with zero attached hydrogens (tertiary/aromatic N) is 2. The Balaban J connectivity index is 3.02. The number of hydrogen-bond acceptors (Lipinski definition) is 4. The average molecular weight is 102 g/mol. The first kappa shape index (κ1) is 5.69.